The Hall–Kier alpha value is -0.0800. The molecule has 2 fully saturated rings. The number of hydrogen-bond acceptors (Lipinski definition) is 0. The highest BCUT2D eigenvalue weighted by Gasteiger charge is 2.31. The summed E-state index contributed by atoms with van der Waals surface area (Å²) in [4.78, 5) is 0. The topological polar surface area (TPSA) is 0 Å². The van der Waals surface area contributed by atoms with Crippen molar-refractivity contribution in [2.75, 3.05) is 52.9 Å². The average Bonchev–Trinajstić information content (AvgIpc) is 3.03. The van der Waals surface area contributed by atoms with Crippen LogP contribution in [0.3, 0.4) is 0 Å². The van der Waals surface area contributed by atoms with Crippen molar-refractivity contribution in [1.29, 1.82) is 0 Å². The van der Waals surface area contributed by atoms with Gasteiger partial charge in [-0.15, -0.1) is 0 Å². The van der Waals surface area contributed by atoms with Gasteiger partial charge in [0.25, 0.3) is 0 Å². The maximum Gasteiger partial charge on any atom is 0.0788 e. The molecule has 2 aliphatic rings. The third kappa shape index (κ3) is 4.46. The zero-order valence-corrected chi connectivity index (χ0v) is 13.5. The lowest BCUT2D eigenvalue weighted by molar-refractivity contribution is -0.918. The molecule has 0 unspecified atom stereocenters. The van der Waals surface area contributed by atoms with Gasteiger partial charge in [0.2, 0.25) is 0 Å². The molecule has 0 aromatic rings. The number of rotatable bonds is 8. The highest BCUT2D eigenvalue weighted by atomic mass is 15.4. The summed E-state index contributed by atoms with van der Waals surface area (Å²) in [5.74, 6) is 0. The second-order valence-corrected chi connectivity index (χ2v) is 7.50. The first-order valence-corrected chi connectivity index (χ1v) is 8.87. The van der Waals surface area contributed by atoms with Crippen molar-refractivity contribution in [2.24, 2.45) is 0 Å². The first-order valence-electron chi connectivity index (χ1n) is 8.87. The minimum atomic E-state index is 1.37. The predicted molar refractivity (Wildman–Crippen MR) is 83.1 cm³/mol. The Morgan fingerprint density at radius 1 is 0.684 bits per heavy atom. The summed E-state index contributed by atoms with van der Waals surface area (Å²) in [6.07, 6.45) is 11.6. The van der Waals surface area contributed by atoms with Gasteiger partial charge in [-0.1, -0.05) is 13.3 Å². The SMILES string of the molecule is CCCC[N+]1(CCCC[N+]2(C)CCCC2)CCCC1. The van der Waals surface area contributed by atoms with Gasteiger partial charge >= 0.3 is 0 Å². The first-order chi connectivity index (χ1) is 9.18. The summed E-state index contributed by atoms with van der Waals surface area (Å²) < 4.78 is 2.84. The largest absolute Gasteiger partial charge is 0.326 e. The normalized spacial score (nSPS) is 24.9. The van der Waals surface area contributed by atoms with E-state index in [0.29, 0.717) is 0 Å². The van der Waals surface area contributed by atoms with E-state index in [-0.39, 0.29) is 0 Å². The van der Waals surface area contributed by atoms with Gasteiger partial charge in [-0.25, -0.2) is 0 Å². The van der Waals surface area contributed by atoms with Gasteiger partial charge in [0, 0.05) is 38.5 Å². The van der Waals surface area contributed by atoms with Crippen LogP contribution in [0.2, 0.25) is 0 Å². The number of nitrogens with zero attached hydrogens (tertiary/aromatic N) is 2. The van der Waals surface area contributed by atoms with Gasteiger partial charge < -0.3 is 8.97 Å². The van der Waals surface area contributed by atoms with Crippen molar-refractivity contribution in [3.05, 3.63) is 0 Å². The highest BCUT2D eigenvalue weighted by Crippen LogP contribution is 2.23. The zero-order valence-electron chi connectivity index (χ0n) is 13.5. The molecule has 2 heteroatoms. The number of unbranched alkanes of at least 4 members (excludes halogenated alkanes) is 2. The van der Waals surface area contributed by atoms with Crippen LogP contribution in [0.4, 0.5) is 0 Å². The minimum Gasteiger partial charge on any atom is -0.326 e. The molecule has 2 aliphatic heterocycles. The second kappa shape index (κ2) is 7.08. The quantitative estimate of drug-likeness (QED) is 0.467. The van der Waals surface area contributed by atoms with Crippen molar-refractivity contribution in [2.45, 2.75) is 58.3 Å². The van der Waals surface area contributed by atoms with E-state index < -0.39 is 0 Å². The molecular weight excluding hydrogens is 232 g/mol. The maximum atomic E-state index is 2.48. The van der Waals surface area contributed by atoms with Crippen LogP contribution < -0.4 is 0 Å². The van der Waals surface area contributed by atoms with Crippen molar-refractivity contribution >= 4 is 0 Å². The molecule has 0 aliphatic carbocycles. The molecule has 0 spiro atoms. The van der Waals surface area contributed by atoms with E-state index in [1.807, 2.05) is 0 Å². The number of hydrogen-bond donors (Lipinski definition) is 0. The van der Waals surface area contributed by atoms with E-state index in [2.05, 4.69) is 14.0 Å². The van der Waals surface area contributed by atoms with E-state index in [9.17, 15) is 0 Å². The van der Waals surface area contributed by atoms with E-state index in [0.717, 1.165) is 0 Å². The molecule has 0 saturated carbocycles. The van der Waals surface area contributed by atoms with Gasteiger partial charge in [0.05, 0.1) is 52.9 Å². The maximum absolute atomic E-state index is 2.48. The van der Waals surface area contributed by atoms with Crippen molar-refractivity contribution in [1.82, 2.24) is 0 Å². The van der Waals surface area contributed by atoms with Crippen molar-refractivity contribution in [3.63, 3.8) is 0 Å². The molecule has 2 rings (SSSR count). The number of quaternary nitrogens is 2. The first kappa shape index (κ1) is 15.3. The minimum absolute atomic E-state index is 1.37. The Morgan fingerprint density at radius 2 is 1.21 bits per heavy atom. The van der Waals surface area contributed by atoms with Crippen LogP contribution in [-0.2, 0) is 0 Å². The molecule has 2 saturated heterocycles. The van der Waals surface area contributed by atoms with Crippen LogP contribution in [0, 0.1) is 0 Å². The van der Waals surface area contributed by atoms with Gasteiger partial charge in [-0.3, -0.25) is 0 Å². The monoisotopic (exact) mass is 268 g/mol. The zero-order chi connectivity index (χ0) is 13.6. The van der Waals surface area contributed by atoms with Crippen LogP contribution in [0.15, 0.2) is 0 Å². The third-order valence-corrected chi connectivity index (χ3v) is 5.73. The Morgan fingerprint density at radius 3 is 1.84 bits per heavy atom. The van der Waals surface area contributed by atoms with Crippen LogP contribution >= 0.6 is 0 Å². The fourth-order valence-corrected chi connectivity index (χ4v) is 4.32. The highest BCUT2D eigenvalue weighted by molar-refractivity contribution is 4.57. The number of likely N-dealkylation sites (tertiary alicyclic amines) is 2. The third-order valence-electron chi connectivity index (χ3n) is 5.73. The van der Waals surface area contributed by atoms with Crippen LogP contribution in [0.1, 0.15) is 58.3 Å². The molecule has 0 radical (unpaired) electrons. The summed E-state index contributed by atoms with van der Waals surface area (Å²) in [7, 11) is 2.48. The Kier molecular flexibility index (Phi) is 5.70. The van der Waals surface area contributed by atoms with Gasteiger partial charge in [0.1, 0.15) is 0 Å². The lowest BCUT2D eigenvalue weighted by atomic mass is 10.2. The van der Waals surface area contributed by atoms with Crippen LogP contribution in [-0.4, -0.2) is 61.8 Å². The molecule has 112 valence electrons. The van der Waals surface area contributed by atoms with Crippen molar-refractivity contribution in [3.8, 4) is 0 Å². The van der Waals surface area contributed by atoms with Gasteiger partial charge in [0.15, 0.2) is 0 Å². The standard InChI is InChI=1S/C17H36N2/c1-3-4-14-19(16-9-10-17-19)15-8-7-13-18(2)11-5-6-12-18/h3-17H2,1-2H3/q+2. The molecular formula is C17H36N2+2. The van der Waals surface area contributed by atoms with Gasteiger partial charge in [-0.05, 0) is 6.42 Å². The molecule has 0 atom stereocenters. The smallest absolute Gasteiger partial charge is 0.0788 e. The fourth-order valence-electron chi connectivity index (χ4n) is 4.32. The Bertz CT molecular complexity index is 250. The van der Waals surface area contributed by atoms with Gasteiger partial charge in [-0.2, -0.15) is 0 Å². The summed E-state index contributed by atoms with van der Waals surface area (Å²) in [6.45, 7) is 12.5. The molecule has 0 N–H and O–H groups in total. The molecule has 2 nitrogen and oxygen atoms in total. The van der Waals surface area contributed by atoms with E-state index in [1.165, 1.54) is 106 Å². The lowest BCUT2D eigenvalue weighted by Crippen LogP contribution is -2.47. The second-order valence-electron chi connectivity index (χ2n) is 7.50. The molecule has 2 heterocycles. The molecule has 0 bridgehead atoms. The Labute approximate surface area is 121 Å². The van der Waals surface area contributed by atoms with Crippen LogP contribution in [0.5, 0.6) is 0 Å². The van der Waals surface area contributed by atoms with Crippen molar-refractivity contribution < 1.29 is 8.97 Å². The molecule has 0 aromatic carbocycles. The van der Waals surface area contributed by atoms with E-state index in [4.69, 9.17) is 0 Å². The average molecular weight is 268 g/mol. The molecule has 0 amide bonds. The van der Waals surface area contributed by atoms with E-state index >= 15 is 0 Å². The Balaban J connectivity index is 1.67. The predicted octanol–water partition coefficient (Wildman–Crippen LogP) is 3.42. The lowest BCUT2D eigenvalue weighted by Gasteiger charge is -2.35. The van der Waals surface area contributed by atoms with E-state index in [1.54, 1.807) is 0 Å². The summed E-state index contributed by atoms with van der Waals surface area (Å²) in [5, 5.41) is 0. The fraction of sp³-hybridized carbons (Fsp3) is 1.00. The van der Waals surface area contributed by atoms with Crippen LogP contribution in [0.25, 0.3) is 0 Å². The summed E-state index contributed by atoms with van der Waals surface area (Å²) >= 11 is 0. The molecule has 0 aromatic heterocycles. The summed E-state index contributed by atoms with van der Waals surface area (Å²) in [6, 6.07) is 0. The molecule has 19 heavy (non-hydrogen) atoms. The summed E-state index contributed by atoms with van der Waals surface area (Å²) in [5.41, 5.74) is 0.